The third-order valence-electron chi connectivity index (χ3n) is 4.91. The summed E-state index contributed by atoms with van der Waals surface area (Å²) in [5.41, 5.74) is 1.37. The Morgan fingerprint density at radius 3 is 2.18 bits per heavy atom. The van der Waals surface area contributed by atoms with Crippen molar-refractivity contribution < 1.29 is 22.7 Å². The number of nitrogens with zero attached hydrogens (tertiary/aromatic N) is 1. The lowest BCUT2D eigenvalue weighted by Crippen LogP contribution is -2.48. The number of rotatable bonds is 10. The summed E-state index contributed by atoms with van der Waals surface area (Å²) in [4.78, 5) is 12.7. The maximum absolute atomic E-state index is 12.7. The van der Waals surface area contributed by atoms with E-state index < -0.39 is 22.0 Å². The summed E-state index contributed by atoms with van der Waals surface area (Å²) in [6.07, 6.45) is 1.08. The highest BCUT2D eigenvalue weighted by Crippen LogP contribution is 2.27. The van der Waals surface area contributed by atoms with E-state index in [9.17, 15) is 13.2 Å². The second-order valence-electron chi connectivity index (χ2n) is 7.55. The number of carbonyl (C=O) groups excluding carboxylic acids is 1. The van der Waals surface area contributed by atoms with Crippen LogP contribution >= 0.6 is 0 Å². The molecule has 0 aliphatic heterocycles. The first-order chi connectivity index (χ1) is 15.8. The Bertz CT molecular complexity index is 1160. The Morgan fingerprint density at radius 2 is 1.55 bits per heavy atom. The van der Waals surface area contributed by atoms with E-state index in [0.717, 1.165) is 21.9 Å². The molecule has 0 radical (unpaired) electrons. The van der Waals surface area contributed by atoms with Gasteiger partial charge in [-0.2, -0.15) is 0 Å². The molecule has 0 saturated carbocycles. The minimum Gasteiger partial charge on any atom is -0.491 e. The van der Waals surface area contributed by atoms with E-state index in [0.29, 0.717) is 17.2 Å². The van der Waals surface area contributed by atoms with Gasteiger partial charge in [-0.1, -0.05) is 36.4 Å². The molecule has 3 aromatic rings. The van der Waals surface area contributed by atoms with Crippen LogP contribution in [-0.4, -0.2) is 39.8 Å². The van der Waals surface area contributed by atoms with E-state index >= 15 is 0 Å². The van der Waals surface area contributed by atoms with E-state index in [4.69, 9.17) is 9.47 Å². The van der Waals surface area contributed by atoms with Crippen LogP contribution in [0.15, 0.2) is 78.9 Å². The van der Waals surface area contributed by atoms with Gasteiger partial charge in [0.2, 0.25) is 15.9 Å². The Morgan fingerprint density at radius 1 is 0.939 bits per heavy atom. The van der Waals surface area contributed by atoms with Gasteiger partial charge in [-0.15, -0.1) is 0 Å². The van der Waals surface area contributed by atoms with E-state index in [1.54, 1.807) is 31.2 Å². The third-order valence-corrected chi connectivity index (χ3v) is 6.15. The number of amides is 1. The minimum atomic E-state index is -3.71. The predicted octanol–water partition coefficient (Wildman–Crippen LogP) is 4.14. The summed E-state index contributed by atoms with van der Waals surface area (Å²) < 4.78 is 37.5. The maximum Gasteiger partial charge on any atom is 0.243 e. The second kappa shape index (κ2) is 10.9. The van der Waals surface area contributed by atoms with Crippen LogP contribution in [0.25, 0.3) is 0 Å². The number of anilines is 1. The van der Waals surface area contributed by atoms with Gasteiger partial charge in [0.05, 0.1) is 18.5 Å². The zero-order valence-electron chi connectivity index (χ0n) is 18.9. The Kier molecular flexibility index (Phi) is 7.95. The number of carbonyl (C=O) groups is 1. The number of sulfonamides is 1. The van der Waals surface area contributed by atoms with Gasteiger partial charge in [0.15, 0.2) is 0 Å². The lowest BCUT2D eigenvalue weighted by Gasteiger charge is -2.28. The van der Waals surface area contributed by atoms with Crippen LogP contribution in [0.2, 0.25) is 0 Å². The smallest absolute Gasteiger partial charge is 0.243 e. The molecule has 1 unspecified atom stereocenters. The molecule has 0 aliphatic carbocycles. The van der Waals surface area contributed by atoms with Gasteiger partial charge in [-0.3, -0.25) is 9.10 Å². The van der Waals surface area contributed by atoms with Crippen molar-refractivity contribution in [3.63, 3.8) is 0 Å². The van der Waals surface area contributed by atoms with Crippen LogP contribution in [0.5, 0.6) is 17.2 Å². The largest absolute Gasteiger partial charge is 0.491 e. The molecule has 174 valence electrons. The first-order valence-electron chi connectivity index (χ1n) is 10.5. The summed E-state index contributed by atoms with van der Waals surface area (Å²) in [6.45, 7) is 4.01. The third kappa shape index (κ3) is 6.73. The topological polar surface area (TPSA) is 84.9 Å². The van der Waals surface area contributed by atoms with Gasteiger partial charge >= 0.3 is 0 Å². The van der Waals surface area contributed by atoms with Crippen LogP contribution in [-0.2, 0) is 14.8 Å². The Labute approximate surface area is 195 Å². The molecule has 0 aromatic heterocycles. The molecule has 0 spiro atoms. The summed E-state index contributed by atoms with van der Waals surface area (Å²) in [5.74, 6) is 1.56. The van der Waals surface area contributed by atoms with E-state index in [2.05, 4.69) is 5.32 Å². The average Bonchev–Trinajstić information content (AvgIpc) is 2.78. The number of hydrogen-bond acceptors (Lipinski definition) is 5. The van der Waals surface area contributed by atoms with Crippen LogP contribution in [0.4, 0.5) is 5.69 Å². The zero-order valence-corrected chi connectivity index (χ0v) is 19.7. The SMILES string of the molecule is Cc1ccccc1OCCNC(=O)C(C)N(c1ccc(Oc2ccccc2)cc1)S(C)(=O)=O. The molecule has 3 aromatic carbocycles. The molecule has 0 bridgehead atoms. The minimum absolute atomic E-state index is 0.249. The van der Waals surface area contributed by atoms with Crippen molar-refractivity contribution in [2.75, 3.05) is 23.7 Å². The number of nitrogens with one attached hydrogen (secondary N) is 1. The molecule has 7 nitrogen and oxygen atoms in total. The van der Waals surface area contributed by atoms with Crippen molar-refractivity contribution in [3.05, 3.63) is 84.4 Å². The molecule has 0 aliphatic rings. The predicted molar refractivity (Wildman–Crippen MR) is 129 cm³/mol. The van der Waals surface area contributed by atoms with Gasteiger partial charge in [0.25, 0.3) is 0 Å². The van der Waals surface area contributed by atoms with E-state index in [1.165, 1.54) is 0 Å². The van der Waals surface area contributed by atoms with Gasteiger partial charge in [0, 0.05) is 0 Å². The fourth-order valence-electron chi connectivity index (χ4n) is 3.30. The van der Waals surface area contributed by atoms with Crippen molar-refractivity contribution in [2.45, 2.75) is 19.9 Å². The lowest BCUT2D eigenvalue weighted by molar-refractivity contribution is -0.121. The van der Waals surface area contributed by atoms with Crippen molar-refractivity contribution in [1.29, 1.82) is 0 Å². The number of hydrogen-bond donors (Lipinski definition) is 1. The average molecular weight is 469 g/mol. The van der Waals surface area contributed by atoms with Crippen molar-refractivity contribution in [1.82, 2.24) is 5.32 Å². The first-order valence-corrected chi connectivity index (χ1v) is 12.4. The summed E-state index contributed by atoms with van der Waals surface area (Å²) in [5, 5.41) is 2.74. The highest BCUT2D eigenvalue weighted by atomic mass is 32.2. The van der Waals surface area contributed by atoms with Crippen LogP contribution in [0, 0.1) is 6.92 Å². The van der Waals surface area contributed by atoms with E-state index in [1.807, 2.05) is 61.5 Å². The quantitative estimate of drug-likeness (QED) is 0.452. The summed E-state index contributed by atoms with van der Waals surface area (Å²) in [6, 6.07) is 22.5. The van der Waals surface area contributed by atoms with Gasteiger partial charge < -0.3 is 14.8 Å². The van der Waals surface area contributed by atoms with E-state index in [-0.39, 0.29) is 13.2 Å². The molecule has 33 heavy (non-hydrogen) atoms. The molecule has 8 heteroatoms. The molecule has 0 fully saturated rings. The van der Waals surface area contributed by atoms with Crippen LogP contribution in [0.3, 0.4) is 0 Å². The molecule has 0 heterocycles. The molecular formula is C25H28N2O5S. The molecule has 3 rings (SSSR count). The molecular weight excluding hydrogens is 440 g/mol. The lowest BCUT2D eigenvalue weighted by atomic mass is 10.2. The summed E-state index contributed by atoms with van der Waals surface area (Å²) >= 11 is 0. The zero-order chi connectivity index (χ0) is 23.8. The monoisotopic (exact) mass is 468 g/mol. The van der Waals surface area contributed by atoms with Gasteiger partial charge in [0.1, 0.15) is 29.9 Å². The van der Waals surface area contributed by atoms with Crippen LogP contribution < -0.4 is 19.1 Å². The molecule has 0 saturated heterocycles. The summed E-state index contributed by atoms with van der Waals surface area (Å²) in [7, 11) is -3.71. The van der Waals surface area contributed by atoms with Gasteiger partial charge in [-0.05, 0) is 61.9 Å². The highest BCUT2D eigenvalue weighted by molar-refractivity contribution is 7.92. The van der Waals surface area contributed by atoms with Crippen molar-refractivity contribution >= 4 is 21.6 Å². The standard InChI is InChI=1S/C25H28N2O5S/c1-19-9-7-8-12-24(19)31-18-17-26-25(28)20(2)27(33(3,29)30)21-13-15-23(16-14-21)32-22-10-5-4-6-11-22/h4-16,20H,17-18H2,1-3H3,(H,26,28). The highest BCUT2D eigenvalue weighted by Gasteiger charge is 2.29. The second-order valence-corrected chi connectivity index (χ2v) is 9.41. The first kappa shape index (κ1) is 24.1. The molecule has 1 N–H and O–H groups in total. The van der Waals surface area contributed by atoms with Gasteiger partial charge in [-0.25, -0.2) is 8.42 Å². The number of ether oxygens (including phenoxy) is 2. The fraction of sp³-hybridized carbons (Fsp3) is 0.240. The van der Waals surface area contributed by atoms with Crippen molar-refractivity contribution in [2.24, 2.45) is 0 Å². The normalized spacial score (nSPS) is 12.0. The Balaban J connectivity index is 1.63. The maximum atomic E-state index is 12.7. The number of para-hydroxylation sites is 2. The number of aryl methyl sites for hydroxylation is 1. The number of benzene rings is 3. The fourth-order valence-corrected chi connectivity index (χ4v) is 4.47. The Hall–Kier alpha value is -3.52. The van der Waals surface area contributed by atoms with Crippen LogP contribution in [0.1, 0.15) is 12.5 Å². The van der Waals surface area contributed by atoms with Crippen molar-refractivity contribution in [3.8, 4) is 17.2 Å². The molecule has 1 amide bonds. The molecule has 1 atom stereocenters.